The second-order valence-electron chi connectivity index (χ2n) is 8.34. The van der Waals surface area contributed by atoms with Crippen molar-refractivity contribution in [3.05, 3.63) is 0 Å². The molecule has 0 aromatic heterocycles. The van der Waals surface area contributed by atoms with Crippen LogP contribution in [0.25, 0.3) is 0 Å². The van der Waals surface area contributed by atoms with Gasteiger partial charge in [0.25, 0.3) is 0 Å². The minimum absolute atomic E-state index is 0.0219. The number of nitrogens with one attached hydrogen (secondary N) is 1. The van der Waals surface area contributed by atoms with E-state index < -0.39 is 62.0 Å². The fraction of sp³-hybridized carbons (Fsp3) is 0.824. The topological polar surface area (TPSA) is 128 Å². The van der Waals surface area contributed by atoms with Crippen molar-refractivity contribution in [3.63, 3.8) is 0 Å². The van der Waals surface area contributed by atoms with Gasteiger partial charge < -0.3 is 19.2 Å². The number of fused-ring (bicyclic) bond motifs is 1. The number of β-lactam (4-membered cyclic amide) rings is 1. The summed E-state index contributed by atoms with van der Waals surface area (Å²) in [5.74, 6) is -2.81. The lowest BCUT2D eigenvalue weighted by atomic mass is 9.92. The quantitative estimate of drug-likeness (QED) is 0.199. The SMILES string of the molecule is CCONC[C@H]1C(=O)N2[C@@H](C(=O)OCOC(=O)C(C)(C)C)C(C)(C)S(=O)(=O)[C@H]12. The molecule has 0 bridgehead atoms. The van der Waals surface area contributed by atoms with E-state index in [9.17, 15) is 22.8 Å². The zero-order valence-electron chi connectivity index (χ0n) is 17.0. The predicted molar refractivity (Wildman–Crippen MR) is 97.0 cm³/mol. The Balaban J connectivity index is 2.12. The average Bonchev–Trinajstić information content (AvgIpc) is 2.71. The van der Waals surface area contributed by atoms with Crippen molar-refractivity contribution in [1.82, 2.24) is 10.4 Å². The van der Waals surface area contributed by atoms with E-state index in [0.29, 0.717) is 6.61 Å². The summed E-state index contributed by atoms with van der Waals surface area (Å²) >= 11 is 0. The number of sulfone groups is 1. The molecule has 0 aliphatic carbocycles. The molecule has 11 heteroatoms. The number of carbonyl (C=O) groups is 3. The number of nitrogens with zero attached hydrogens (tertiary/aromatic N) is 1. The number of esters is 2. The molecule has 0 radical (unpaired) electrons. The van der Waals surface area contributed by atoms with Gasteiger partial charge >= 0.3 is 11.9 Å². The number of amides is 1. The molecule has 28 heavy (non-hydrogen) atoms. The van der Waals surface area contributed by atoms with Gasteiger partial charge in [-0.15, -0.1) is 0 Å². The zero-order chi connectivity index (χ0) is 21.5. The molecule has 2 rings (SSSR count). The van der Waals surface area contributed by atoms with E-state index in [-0.39, 0.29) is 6.54 Å². The van der Waals surface area contributed by atoms with Gasteiger partial charge in [0.2, 0.25) is 12.7 Å². The first-order valence-corrected chi connectivity index (χ1v) is 10.6. The highest BCUT2D eigenvalue weighted by Crippen LogP contribution is 2.48. The van der Waals surface area contributed by atoms with Crippen molar-refractivity contribution >= 4 is 27.7 Å². The molecule has 3 atom stereocenters. The van der Waals surface area contributed by atoms with E-state index in [0.717, 1.165) is 4.90 Å². The van der Waals surface area contributed by atoms with Crippen LogP contribution in [0.1, 0.15) is 41.5 Å². The highest BCUT2D eigenvalue weighted by Gasteiger charge is 2.72. The molecular weight excluding hydrogens is 392 g/mol. The Kier molecular flexibility index (Phi) is 6.13. The number of rotatable bonds is 7. The molecule has 2 fully saturated rings. The summed E-state index contributed by atoms with van der Waals surface area (Å²) in [4.78, 5) is 42.9. The van der Waals surface area contributed by atoms with Crippen LogP contribution < -0.4 is 5.48 Å². The summed E-state index contributed by atoms with van der Waals surface area (Å²) in [6.45, 7) is 9.17. The third kappa shape index (κ3) is 3.62. The van der Waals surface area contributed by atoms with Gasteiger partial charge in [0, 0.05) is 6.54 Å². The van der Waals surface area contributed by atoms with Crippen molar-refractivity contribution in [2.75, 3.05) is 19.9 Å². The lowest BCUT2D eigenvalue weighted by Crippen LogP contribution is -2.65. The Labute approximate surface area is 164 Å². The van der Waals surface area contributed by atoms with Gasteiger partial charge in [0.1, 0.15) is 11.4 Å². The summed E-state index contributed by atoms with van der Waals surface area (Å²) in [7, 11) is -3.84. The molecular formula is C17H28N2O8S. The molecule has 0 spiro atoms. The van der Waals surface area contributed by atoms with E-state index in [1.807, 2.05) is 0 Å². The van der Waals surface area contributed by atoms with Crippen molar-refractivity contribution in [1.29, 1.82) is 0 Å². The zero-order valence-corrected chi connectivity index (χ0v) is 17.8. The van der Waals surface area contributed by atoms with Crippen molar-refractivity contribution in [2.24, 2.45) is 11.3 Å². The standard InChI is InChI=1S/C17H28N2O8S/c1-7-27-18-8-10-12(20)19-11(17(5,6)28(23,24)13(10)19)14(21)25-9-26-15(22)16(2,3)4/h10-11,13,18H,7-9H2,1-6H3/t10-,11-,13+/m0/s1. The largest absolute Gasteiger partial charge is 0.427 e. The van der Waals surface area contributed by atoms with E-state index >= 15 is 0 Å². The van der Waals surface area contributed by atoms with Gasteiger partial charge in [0.15, 0.2) is 9.84 Å². The van der Waals surface area contributed by atoms with Crippen LogP contribution in [-0.2, 0) is 38.5 Å². The first-order chi connectivity index (χ1) is 12.8. The lowest BCUT2D eigenvalue weighted by Gasteiger charge is -2.42. The smallest absolute Gasteiger partial charge is 0.333 e. The molecule has 2 saturated heterocycles. The highest BCUT2D eigenvalue weighted by molar-refractivity contribution is 7.93. The van der Waals surface area contributed by atoms with Crippen molar-refractivity contribution in [3.8, 4) is 0 Å². The first-order valence-electron chi connectivity index (χ1n) is 9.02. The lowest BCUT2D eigenvalue weighted by molar-refractivity contribution is -0.181. The second kappa shape index (κ2) is 7.60. The van der Waals surface area contributed by atoms with Gasteiger partial charge in [0.05, 0.1) is 22.7 Å². The Hall–Kier alpha value is -1.72. The summed E-state index contributed by atoms with van der Waals surface area (Å²) < 4.78 is 34.2. The van der Waals surface area contributed by atoms with Gasteiger partial charge in [-0.2, -0.15) is 0 Å². The molecule has 10 nitrogen and oxygen atoms in total. The van der Waals surface area contributed by atoms with Crippen LogP contribution in [0.2, 0.25) is 0 Å². The summed E-state index contributed by atoms with van der Waals surface area (Å²) in [5.41, 5.74) is 1.79. The van der Waals surface area contributed by atoms with Crippen LogP contribution in [0.5, 0.6) is 0 Å². The summed E-state index contributed by atoms with van der Waals surface area (Å²) in [5, 5.41) is -1.13. The number of hydrogen-bond acceptors (Lipinski definition) is 9. The van der Waals surface area contributed by atoms with Crippen LogP contribution >= 0.6 is 0 Å². The van der Waals surface area contributed by atoms with E-state index in [1.54, 1.807) is 27.7 Å². The number of ether oxygens (including phenoxy) is 2. The monoisotopic (exact) mass is 420 g/mol. The highest BCUT2D eigenvalue weighted by atomic mass is 32.2. The molecule has 0 unspecified atom stereocenters. The molecule has 160 valence electrons. The maximum Gasteiger partial charge on any atom is 0.333 e. The molecule has 1 amide bonds. The molecule has 1 N–H and O–H groups in total. The number of hydrogen-bond donors (Lipinski definition) is 1. The number of hydroxylamine groups is 1. The van der Waals surface area contributed by atoms with Crippen molar-refractivity contribution in [2.45, 2.75) is 57.7 Å². The average molecular weight is 420 g/mol. The van der Waals surface area contributed by atoms with Gasteiger partial charge in [-0.05, 0) is 41.5 Å². The minimum Gasteiger partial charge on any atom is -0.427 e. The fourth-order valence-electron chi connectivity index (χ4n) is 3.27. The maximum absolute atomic E-state index is 12.9. The Morgan fingerprint density at radius 3 is 2.36 bits per heavy atom. The van der Waals surface area contributed by atoms with E-state index in [4.69, 9.17) is 14.3 Å². The molecule has 2 aliphatic rings. The van der Waals surface area contributed by atoms with Crippen LogP contribution in [0.3, 0.4) is 0 Å². The van der Waals surface area contributed by atoms with Crippen LogP contribution in [0.4, 0.5) is 0 Å². The van der Waals surface area contributed by atoms with E-state index in [1.165, 1.54) is 13.8 Å². The normalized spacial score (nSPS) is 27.7. The van der Waals surface area contributed by atoms with E-state index in [2.05, 4.69) is 5.48 Å². The Bertz CT molecular complexity index is 756. The van der Waals surface area contributed by atoms with Crippen molar-refractivity contribution < 1.29 is 37.1 Å². The molecule has 2 heterocycles. The minimum atomic E-state index is -3.84. The summed E-state index contributed by atoms with van der Waals surface area (Å²) in [6, 6.07) is -1.31. The molecule has 0 aromatic carbocycles. The third-order valence-electron chi connectivity index (χ3n) is 4.95. The van der Waals surface area contributed by atoms with Crippen LogP contribution in [0.15, 0.2) is 0 Å². The first kappa shape index (κ1) is 22.6. The predicted octanol–water partition coefficient (Wildman–Crippen LogP) is -0.0224. The molecule has 2 aliphatic heterocycles. The van der Waals surface area contributed by atoms with Crippen LogP contribution in [0, 0.1) is 11.3 Å². The third-order valence-corrected chi connectivity index (χ3v) is 7.84. The van der Waals surface area contributed by atoms with Crippen LogP contribution in [-0.4, -0.2) is 67.3 Å². The summed E-state index contributed by atoms with van der Waals surface area (Å²) in [6.07, 6.45) is 0. The molecule has 0 saturated carbocycles. The second-order valence-corrected chi connectivity index (χ2v) is 11.0. The fourth-order valence-corrected chi connectivity index (χ4v) is 5.58. The van der Waals surface area contributed by atoms with Gasteiger partial charge in [-0.25, -0.2) is 18.7 Å². The maximum atomic E-state index is 12.9. The molecule has 0 aromatic rings. The Morgan fingerprint density at radius 1 is 1.21 bits per heavy atom. The van der Waals surface area contributed by atoms with Gasteiger partial charge in [-0.3, -0.25) is 9.59 Å². The van der Waals surface area contributed by atoms with Gasteiger partial charge in [-0.1, -0.05) is 0 Å². The Morgan fingerprint density at radius 2 is 1.82 bits per heavy atom. The number of carbonyl (C=O) groups excluding carboxylic acids is 3.